The van der Waals surface area contributed by atoms with Gasteiger partial charge in [0.1, 0.15) is 18.2 Å². The van der Waals surface area contributed by atoms with Crippen LogP contribution in [0.2, 0.25) is 0 Å². The topological polar surface area (TPSA) is 65.8 Å². The molecule has 0 spiro atoms. The van der Waals surface area contributed by atoms with Crippen molar-refractivity contribution in [3.63, 3.8) is 0 Å². The molecule has 1 aromatic heterocycles. The first-order valence-corrected chi connectivity index (χ1v) is 12.2. The van der Waals surface area contributed by atoms with Crippen LogP contribution >= 0.6 is 0 Å². The summed E-state index contributed by atoms with van der Waals surface area (Å²) in [5.74, 6) is 3.21. The number of fused-ring (bicyclic) bond motifs is 2. The van der Waals surface area contributed by atoms with Gasteiger partial charge in [0.25, 0.3) is 0 Å². The molecule has 4 aromatic rings. The van der Waals surface area contributed by atoms with Crippen molar-refractivity contribution in [3.8, 4) is 17.2 Å². The number of hydrogen-bond donors (Lipinski definition) is 0. The zero-order chi connectivity index (χ0) is 24.5. The average molecular weight is 482 g/mol. The molecule has 1 amide bonds. The van der Waals surface area contributed by atoms with Gasteiger partial charge in [0.15, 0.2) is 11.5 Å². The molecule has 2 aliphatic heterocycles. The van der Waals surface area contributed by atoms with Crippen molar-refractivity contribution in [2.75, 3.05) is 24.8 Å². The normalized spacial score (nSPS) is 16.6. The molecule has 6 rings (SSSR count). The van der Waals surface area contributed by atoms with Crippen LogP contribution in [0.4, 0.5) is 5.69 Å². The molecule has 1 atom stereocenters. The summed E-state index contributed by atoms with van der Waals surface area (Å²) in [6.07, 6.45) is 3.04. The monoisotopic (exact) mass is 481 g/mol. The quantitative estimate of drug-likeness (QED) is 0.328. The Morgan fingerprint density at radius 3 is 2.81 bits per heavy atom. The fraction of sp³-hybridized carbons (Fsp3) is 0.241. The molecule has 0 aliphatic carbocycles. The van der Waals surface area contributed by atoms with E-state index in [1.807, 2.05) is 65.6 Å². The SMILES string of the molecule is C=CCc1ccccc1OCCn1c(C2CC(=O)N(c3ccc4c(c3)OCO4)C2)nc2ccccc21. The van der Waals surface area contributed by atoms with E-state index in [4.69, 9.17) is 19.2 Å². The summed E-state index contributed by atoms with van der Waals surface area (Å²) in [7, 11) is 0. The molecule has 36 heavy (non-hydrogen) atoms. The molecule has 7 nitrogen and oxygen atoms in total. The Hall–Kier alpha value is -4.26. The number of carbonyl (C=O) groups excluding carboxylic acids is 1. The molecule has 0 bridgehead atoms. The van der Waals surface area contributed by atoms with Crippen molar-refractivity contribution in [1.82, 2.24) is 9.55 Å². The minimum atomic E-state index is -0.0247. The van der Waals surface area contributed by atoms with E-state index in [9.17, 15) is 4.79 Å². The second-order valence-corrected chi connectivity index (χ2v) is 9.00. The van der Waals surface area contributed by atoms with E-state index in [2.05, 4.69) is 23.3 Å². The van der Waals surface area contributed by atoms with Crippen LogP contribution in [-0.2, 0) is 17.8 Å². The minimum absolute atomic E-state index is 0.0247. The van der Waals surface area contributed by atoms with Gasteiger partial charge in [-0.25, -0.2) is 4.98 Å². The summed E-state index contributed by atoms with van der Waals surface area (Å²) in [4.78, 5) is 19.8. The second-order valence-electron chi connectivity index (χ2n) is 9.00. The van der Waals surface area contributed by atoms with E-state index < -0.39 is 0 Å². The third-order valence-corrected chi connectivity index (χ3v) is 6.75. The highest BCUT2D eigenvalue weighted by molar-refractivity contribution is 5.97. The van der Waals surface area contributed by atoms with Crippen LogP contribution in [0.5, 0.6) is 17.2 Å². The highest BCUT2D eigenvalue weighted by Crippen LogP contribution is 2.39. The number of carbonyl (C=O) groups is 1. The number of amides is 1. The molecular formula is C29H27N3O4. The molecule has 3 heterocycles. The molecule has 0 saturated carbocycles. The van der Waals surface area contributed by atoms with Gasteiger partial charge in [-0.3, -0.25) is 4.79 Å². The molecule has 1 unspecified atom stereocenters. The van der Waals surface area contributed by atoms with Crippen molar-refractivity contribution in [2.24, 2.45) is 0 Å². The molecule has 3 aromatic carbocycles. The zero-order valence-electron chi connectivity index (χ0n) is 19.9. The Labute approximate surface area is 209 Å². The van der Waals surface area contributed by atoms with Gasteiger partial charge < -0.3 is 23.7 Å². The molecule has 182 valence electrons. The van der Waals surface area contributed by atoms with Crippen LogP contribution in [0.3, 0.4) is 0 Å². The van der Waals surface area contributed by atoms with Gasteiger partial charge in [0.05, 0.1) is 17.6 Å². The lowest BCUT2D eigenvalue weighted by Crippen LogP contribution is -2.24. The van der Waals surface area contributed by atoms with Crippen molar-refractivity contribution in [2.45, 2.75) is 25.3 Å². The van der Waals surface area contributed by atoms with Crippen molar-refractivity contribution < 1.29 is 19.0 Å². The molecule has 7 heteroatoms. The minimum Gasteiger partial charge on any atom is -0.491 e. The molecule has 0 radical (unpaired) electrons. The van der Waals surface area contributed by atoms with E-state index >= 15 is 0 Å². The van der Waals surface area contributed by atoms with Crippen LogP contribution in [-0.4, -0.2) is 35.4 Å². The smallest absolute Gasteiger partial charge is 0.231 e. The van der Waals surface area contributed by atoms with Crippen LogP contribution in [0.15, 0.2) is 79.4 Å². The molecule has 1 fully saturated rings. The van der Waals surface area contributed by atoms with E-state index in [1.165, 1.54) is 0 Å². The number of rotatable bonds is 8. The van der Waals surface area contributed by atoms with Crippen molar-refractivity contribution in [3.05, 3.63) is 90.8 Å². The highest BCUT2D eigenvalue weighted by Gasteiger charge is 2.35. The second kappa shape index (κ2) is 9.41. The van der Waals surface area contributed by atoms with E-state index in [1.54, 1.807) is 0 Å². The van der Waals surface area contributed by atoms with Gasteiger partial charge in [-0.1, -0.05) is 36.4 Å². The van der Waals surface area contributed by atoms with Gasteiger partial charge in [-0.15, -0.1) is 6.58 Å². The lowest BCUT2D eigenvalue weighted by atomic mass is 10.1. The lowest BCUT2D eigenvalue weighted by Gasteiger charge is -2.18. The standard InChI is InChI=1S/C29H27N3O4/c1-2-7-20-8-3-6-11-25(20)34-15-14-31-24-10-5-4-9-23(24)30-29(31)21-16-28(33)32(18-21)22-12-13-26-27(17-22)36-19-35-26/h2-6,8-13,17,21H,1,7,14-16,18-19H2. The maximum atomic E-state index is 13.1. The first-order valence-electron chi connectivity index (χ1n) is 12.2. The predicted octanol–water partition coefficient (Wildman–Crippen LogP) is 5.09. The summed E-state index contributed by atoms with van der Waals surface area (Å²) in [5.41, 5.74) is 3.90. The fourth-order valence-electron chi connectivity index (χ4n) is 5.04. The van der Waals surface area contributed by atoms with Crippen LogP contribution in [0.25, 0.3) is 11.0 Å². The van der Waals surface area contributed by atoms with Crippen LogP contribution in [0.1, 0.15) is 23.7 Å². The van der Waals surface area contributed by atoms with Gasteiger partial charge in [-0.05, 0) is 42.3 Å². The number of nitrogens with zero attached hydrogens (tertiary/aromatic N) is 3. The first-order chi connectivity index (χ1) is 17.7. The van der Waals surface area contributed by atoms with Gasteiger partial charge in [-0.2, -0.15) is 0 Å². The van der Waals surface area contributed by atoms with Crippen molar-refractivity contribution >= 4 is 22.6 Å². The summed E-state index contributed by atoms with van der Waals surface area (Å²) in [6, 6.07) is 21.8. The Morgan fingerprint density at radius 1 is 1.06 bits per heavy atom. The average Bonchev–Trinajstić information content (AvgIpc) is 3.61. The summed E-state index contributed by atoms with van der Waals surface area (Å²) in [6.45, 7) is 5.74. The largest absolute Gasteiger partial charge is 0.491 e. The van der Waals surface area contributed by atoms with Gasteiger partial charge in [0.2, 0.25) is 12.7 Å². The summed E-state index contributed by atoms with van der Waals surface area (Å²) in [5, 5.41) is 0. The van der Waals surface area contributed by atoms with Gasteiger partial charge in [0, 0.05) is 30.6 Å². The maximum Gasteiger partial charge on any atom is 0.231 e. The Morgan fingerprint density at radius 2 is 1.89 bits per heavy atom. The fourth-order valence-corrected chi connectivity index (χ4v) is 5.04. The number of benzene rings is 3. The summed E-state index contributed by atoms with van der Waals surface area (Å²) >= 11 is 0. The van der Waals surface area contributed by atoms with Crippen LogP contribution < -0.4 is 19.1 Å². The molecule has 2 aliphatic rings. The van der Waals surface area contributed by atoms with E-state index in [0.717, 1.165) is 40.3 Å². The third-order valence-electron chi connectivity index (χ3n) is 6.75. The predicted molar refractivity (Wildman–Crippen MR) is 138 cm³/mol. The Kier molecular flexibility index (Phi) is 5.81. The molecule has 0 N–H and O–H groups in total. The number of imidazole rings is 1. The number of ether oxygens (including phenoxy) is 3. The molecule has 1 saturated heterocycles. The van der Waals surface area contributed by atoms with Crippen molar-refractivity contribution in [1.29, 1.82) is 0 Å². The summed E-state index contributed by atoms with van der Waals surface area (Å²) < 4.78 is 19.3. The maximum absolute atomic E-state index is 13.1. The zero-order valence-corrected chi connectivity index (χ0v) is 19.9. The van der Waals surface area contributed by atoms with E-state index in [-0.39, 0.29) is 18.6 Å². The molecular weight excluding hydrogens is 454 g/mol. The Bertz CT molecular complexity index is 1440. The number of para-hydroxylation sites is 3. The third kappa shape index (κ3) is 4.06. The van der Waals surface area contributed by atoms with Gasteiger partial charge >= 0.3 is 0 Å². The number of aromatic nitrogens is 2. The number of hydrogen-bond acceptors (Lipinski definition) is 5. The first kappa shape index (κ1) is 22.2. The lowest BCUT2D eigenvalue weighted by molar-refractivity contribution is -0.117. The van der Waals surface area contributed by atoms with E-state index in [0.29, 0.717) is 37.6 Å². The number of allylic oxidation sites excluding steroid dienone is 1. The highest BCUT2D eigenvalue weighted by atomic mass is 16.7. The van der Waals surface area contributed by atoms with Crippen LogP contribution in [0, 0.1) is 0 Å². The Balaban J connectivity index is 1.25. The number of anilines is 1.